The van der Waals surface area contributed by atoms with Gasteiger partial charge in [-0.15, -0.1) is 0 Å². The summed E-state index contributed by atoms with van der Waals surface area (Å²) in [7, 11) is 0. The topological polar surface area (TPSA) is 67.3 Å². The first-order valence-electron chi connectivity index (χ1n) is 9.10. The molecule has 9 heteroatoms. The number of likely N-dealkylation sites (tertiary alicyclic amines) is 1. The fourth-order valence-corrected chi connectivity index (χ4v) is 3.67. The summed E-state index contributed by atoms with van der Waals surface area (Å²) in [6, 6.07) is 0.150. The first-order valence-corrected chi connectivity index (χ1v) is 9.10. The van der Waals surface area contributed by atoms with Crippen molar-refractivity contribution >= 4 is 11.9 Å². The molecule has 0 radical (unpaired) electrons. The van der Waals surface area contributed by atoms with Crippen molar-refractivity contribution in [2.75, 3.05) is 18.4 Å². The van der Waals surface area contributed by atoms with Crippen LogP contribution in [0.25, 0.3) is 0 Å². The molecular formula is C18H25F3N4O2. The van der Waals surface area contributed by atoms with Crippen LogP contribution in [0.4, 0.5) is 23.8 Å². The monoisotopic (exact) mass is 386 g/mol. The minimum atomic E-state index is -4.48. The van der Waals surface area contributed by atoms with Gasteiger partial charge >= 0.3 is 12.3 Å². The van der Waals surface area contributed by atoms with Crippen molar-refractivity contribution in [3.8, 4) is 0 Å². The predicted octanol–water partition coefficient (Wildman–Crippen LogP) is 4.09. The van der Waals surface area contributed by atoms with E-state index in [1.165, 1.54) is 0 Å². The van der Waals surface area contributed by atoms with Gasteiger partial charge in [0.05, 0.1) is 12.4 Å². The van der Waals surface area contributed by atoms with Crippen LogP contribution in [0.1, 0.15) is 52.1 Å². The van der Waals surface area contributed by atoms with Gasteiger partial charge in [-0.05, 0) is 46.5 Å². The summed E-state index contributed by atoms with van der Waals surface area (Å²) in [6.07, 6.45) is 0.796. The second-order valence-corrected chi connectivity index (χ2v) is 8.54. The van der Waals surface area contributed by atoms with E-state index in [1.54, 1.807) is 4.90 Å². The van der Waals surface area contributed by atoms with Crippen molar-refractivity contribution < 1.29 is 22.7 Å². The molecule has 1 saturated heterocycles. The predicted molar refractivity (Wildman–Crippen MR) is 93.2 cm³/mol. The van der Waals surface area contributed by atoms with Crippen LogP contribution in [0.15, 0.2) is 12.4 Å². The summed E-state index contributed by atoms with van der Waals surface area (Å²) in [4.78, 5) is 21.0. The molecular weight excluding hydrogens is 361 g/mol. The fourth-order valence-electron chi connectivity index (χ4n) is 3.67. The molecule has 1 aliphatic heterocycles. The number of amides is 1. The van der Waals surface area contributed by atoms with Crippen molar-refractivity contribution in [3.63, 3.8) is 0 Å². The molecule has 0 unspecified atom stereocenters. The first kappa shape index (κ1) is 19.7. The van der Waals surface area contributed by atoms with Crippen LogP contribution in [-0.2, 0) is 10.9 Å². The molecule has 150 valence electrons. The third kappa shape index (κ3) is 4.81. The van der Waals surface area contributed by atoms with Crippen LogP contribution in [0.3, 0.4) is 0 Å². The second kappa shape index (κ2) is 6.83. The number of alkyl halides is 3. The molecule has 0 bridgehead atoms. The zero-order valence-corrected chi connectivity index (χ0v) is 15.8. The number of ether oxygens (including phenoxy) is 1. The Morgan fingerprint density at radius 3 is 2.30 bits per heavy atom. The number of hydrogen-bond acceptors (Lipinski definition) is 5. The van der Waals surface area contributed by atoms with Crippen LogP contribution < -0.4 is 5.32 Å². The maximum absolute atomic E-state index is 12.5. The molecule has 2 heterocycles. The number of anilines is 1. The Hall–Kier alpha value is -2.06. The summed E-state index contributed by atoms with van der Waals surface area (Å²) < 4.78 is 43.0. The van der Waals surface area contributed by atoms with Crippen LogP contribution in [0.2, 0.25) is 0 Å². The summed E-state index contributed by atoms with van der Waals surface area (Å²) in [5.74, 6) is 0.355. The molecule has 3 rings (SSSR count). The average molecular weight is 386 g/mol. The zero-order chi connectivity index (χ0) is 19.9. The molecule has 1 spiro atoms. The SMILES string of the molecule is CC(C)(C)OC(=O)N1CC2(CCC(Nc3cnc(C(F)(F)F)cn3)CC2)C1. The van der Waals surface area contributed by atoms with Crippen LogP contribution in [0, 0.1) is 5.41 Å². The fraction of sp³-hybridized carbons (Fsp3) is 0.722. The lowest BCUT2D eigenvalue weighted by atomic mass is 9.67. The summed E-state index contributed by atoms with van der Waals surface area (Å²) >= 11 is 0. The van der Waals surface area contributed by atoms with E-state index in [0.29, 0.717) is 18.9 Å². The quantitative estimate of drug-likeness (QED) is 0.829. The number of hydrogen-bond donors (Lipinski definition) is 1. The van der Waals surface area contributed by atoms with Gasteiger partial charge in [0.15, 0.2) is 5.69 Å². The smallest absolute Gasteiger partial charge is 0.434 e. The molecule has 2 fully saturated rings. The minimum absolute atomic E-state index is 0.140. The molecule has 1 N–H and O–H groups in total. The average Bonchev–Trinajstić information content (AvgIpc) is 2.51. The Morgan fingerprint density at radius 2 is 1.81 bits per heavy atom. The molecule has 1 aromatic rings. The van der Waals surface area contributed by atoms with E-state index in [2.05, 4.69) is 15.3 Å². The van der Waals surface area contributed by atoms with Crippen LogP contribution in [0.5, 0.6) is 0 Å². The van der Waals surface area contributed by atoms with Gasteiger partial charge in [-0.2, -0.15) is 13.2 Å². The van der Waals surface area contributed by atoms with Gasteiger partial charge in [-0.3, -0.25) is 0 Å². The van der Waals surface area contributed by atoms with E-state index in [4.69, 9.17) is 4.74 Å². The maximum atomic E-state index is 12.5. The largest absolute Gasteiger partial charge is 0.444 e. The van der Waals surface area contributed by atoms with E-state index < -0.39 is 17.5 Å². The lowest BCUT2D eigenvalue weighted by Gasteiger charge is -2.53. The Morgan fingerprint density at radius 1 is 1.19 bits per heavy atom. The highest BCUT2D eigenvalue weighted by Gasteiger charge is 2.48. The lowest BCUT2D eigenvalue weighted by molar-refractivity contribution is -0.141. The number of carbonyl (C=O) groups is 1. The van der Waals surface area contributed by atoms with Crippen molar-refractivity contribution in [1.29, 1.82) is 0 Å². The van der Waals surface area contributed by atoms with E-state index in [-0.39, 0.29) is 17.6 Å². The maximum Gasteiger partial charge on any atom is 0.434 e. The molecule has 27 heavy (non-hydrogen) atoms. The second-order valence-electron chi connectivity index (χ2n) is 8.54. The minimum Gasteiger partial charge on any atom is -0.444 e. The third-order valence-corrected chi connectivity index (χ3v) is 5.04. The van der Waals surface area contributed by atoms with Gasteiger partial charge in [0.2, 0.25) is 0 Å². The zero-order valence-electron chi connectivity index (χ0n) is 15.8. The first-order chi connectivity index (χ1) is 12.5. The molecule has 0 aromatic carbocycles. The summed E-state index contributed by atoms with van der Waals surface area (Å²) in [5, 5.41) is 3.16. The van der Waals surface area contributed by atoms with Crippen LogP contribution >= 0.6 is 0 Å². The number of aromatic nitrogens is 2. The number of halogens is 3. The van der Waals surface area contributed by atoms with Gasteiger partial charge in [0.25, 0.3) is 0 Å². The third-order valence-electron chi connectivity index (χ3n) is 5.04. The van der Waals surface area contributed by atoms with Crippen molar-refractivity contribution in [3.05, 3.63) is 18.1 Å². The van der Waals surface area contributed by atoms with Crippen molar-refractivity contribution in [2.45, 2.75) is 64.3 Å². The van der Waals surface area contributed by atoms with Crippen LogP contribution in [-0.4, -0.2) is 45.7 Å². The van der Waals surface area contributed by atoms with Crippen molar-refractivity contribution in [2.24, 2.45) is 5.41 Å². The molecule has 2 aliphatic rings. The Balaban J connectivity index is 1.46. The van der Waals surface area contributed by atoms with Crippen molar-refractivity contribution in [1.82, 2.24) is 14.9 Å². The molecule has 1 aliphatic carbocycles. The normalized spacial score (nSPS) is 20.3. The summed E-state index contributed by atoms with van der Waals surface area (Å²) in [6.45, 7) is 6.95. The molecule has 1 amide bonds. The standard InChI is InChI=1S/C18H25F3N4O2/c1-16(2,3)27-15(26)25-10-17(11-25)6-4-12(5-7-17)24-14-9-22-13(8-23-14)18(19,20)21/h8-9,12H,4-7,10-11H2,1-3H3,(H,23,24). The van der Waals surface area contributed by atoms with E-state index in [9.17, 15) is 18.0 Å². The highest BCUT2D eigenvalue weighted by molar-refractivity contribution is 5.69. The van der Waals surface area contributed by atoms with Gasteiger partial charge in [-0.1, -0.05) is 0 Å². The number of nitrogens with one attached hydrogen (secondary N) is 1. The van der Waals surface area contributed by atoms with E-state index in [0.717, 1.165) is 38.1 Å². The molecule has 0 atom stereocenters. The Kier molecular flexibility index (Phi) is 4.98. The van der Waals surface area contributed by atoms with Gasteiger partial charge in [0.1, 0.15) is 11.4 Å². The molecule has 6 nitrogen and oxygen atoms in total. The van der Waals surface area contributed by atoms with E-state index in [1.807, 2.05) is 20.8 Å². The Labute approximate surface area is 156 Å². The van der Waals surface area contributed by atoms with Gasteiger partial charge in [0, 0.05) is 24.5 Å². The number of rotatable bonds is 2. The van der Waals surface area contributed by atoms with Gasteiger partial charge in [-0.25, -0.2) is 14.8 Å². The van der Waals surface area contributed by atoms with Gasteiger partial charge < -0.3 is 15.0 Å². The summed E-state index contributed by atoms with van der Waals surface area (Å²) in [5.41, 5.74) is -1.35. The number of carbonyl (C=O) groups excluding carboxylic acids is 1. The molecule has 1 aromatic heterocycles. The molecule has 1 saturated carbocycles. The highest BCUT2D eigenvalue weighted by Crippen LogP contribution is 2.44. The number of nitrogens with zero attached hydrogens (tertiary/aromatic N) is 3. The highest BCUT2D eigenvalue weighted by atomic mass is 19.4. The Bertz CT molecular complexity index is 669. The van der Waals surface area contributed by atoms with E-state index >= 15 is 0 Å². The lowest BCUT2D eigenvalue weighted by Crippen LogP contribution is -2.60.